The molecule has 0 aliphatic rings. The molecule has 0 bridgehead atoms. The average molecular weight is 434 g/mol. The highest BCUT2D eigenvalue weighted by molar-refractivity contribution is 7.87. The normalized spacial score (nSPS) is 10.9. The lowest BCUT2D eigenvalue weighted by molar-refractivity contribution is -0.385. The third-order valence-corrected chi connectivity index (χ3v) is 5.21. The van der Waals surface area contributed by atoms with Crippen LogP contribution in [0.5, 0.6) is 11.5 Å². The van der Waals surface area contributed by atoms with Crippen LogP contribution in [0.2, 0.25) is 5.02 Å². The Kier molecular flexibility index (Phi) is 5.81. The van der Waals surface area contributed by atoms with Gasteiger partial charge < -0.3 is 8.92 Å². The van der Waals surface area contributed by atoms with Gasteiger partial charge in [-0.15, -0.1) is 0 Å². The Morgan fingerprint density at radius 3 is 2.31 bits per heavy atom. The van der Waals surface area contributed by atoms with Crippen LogP contribution >= 0.6 is 11.6 Å². The minimum atomic E-state index is -4.29. The number of nitrogens with zero attached hydrogens (tertiary/aromatic N) is 1. The van der Waals surface area contributed by atoms with Gasteiger partial charge in [-0.05, 0) is 42.5 Å². The van der Waals surface area contributed by atoms with E-state index in [2.05, 4.69) is 0 Å². The topological polar surface area (TPSA) is 113 Å². The maximum Gasteiger partial charge on any atom is 0.343 e. The number of carbonyl (C=O) groups is 1. The van der Waals surface area contributed by atoms with Crippen LogP contribution in [0.4, 0.5) is 5.69 Å². The number of hydrogen-bond donors (Lipinski definition) is 0. The first-order valence-electron chi connectivity index (χ1n) is 8.02. The van der Waals surface area contributed by atoms with Crippen LogP contribution in [0.3, 0.4) is 0 Å². The first kappa shape index (κ1) is 20.3. The zero-order chi connectivity index (χ0) is 21.0. The van der Waals surface area contributed by atoms with Crippen LogP contribution in [0.1, 0.15) is 10.4 Å². The summed E-state index contributed by atoms with van der Waals surface area (Å²) in [5, 5.41) is 11.1. The highest BCUT2D eigenvalue weighted by Crippen LogP contribution is 2.25. The van der Waals surface area contributed by atoms with Gasteiger partial charge in [0.05, 0.1) is 15.5 Å². The zero-order valence-corrected chi connectivity index (χ0v) is 16.1. The summed E-state index contributed by atoms with van der Waals surface area (Å²) in [4.78, 5) is 21.9. The van der Waals surface area contributed by atoms with Gasteiger partial charge in [0.1, 0.15) is 16.4 Å². The highest BCUT2D eigenvalue weighted by atomic mass is 35.5. The van der Waals surface area contributed by atoms with Gasteiger partial charge >= 0.3 is 16.1 Å². The molecule has 0 unspecified atom stereocenters. The molecule has 0 saturated heterocycles. The fraction of sp³-hybridized carbons (Fsp3) is 0. The lowest BCUT2D eigenvalue weighted by Gasteiger charge is -2.08. The summed E-state index contributed by atoms with van der Waals surface area (Å²) in [6, 6.07) is 16.1. The highest BCUT2D eigenvalue weighted by Gasteiger charge is 2.20. The molecule has 3 rings (SSSR count). The van der Waals surface area contributed by atoms with Gasteiger partial charge in [0.2, 0.25) is 0 Å². The zero-order valence-electron chi connectivity index (χ0n) is 14.5. The molecule has 0 atom stereocenters. The second kappa shape index (κ2) is 8.29. The van der Waals surface area contributed by atoms with E-state index < -0.39 is 21.0 Å². The molecule has 0 amide bonds. The Hall–Kier alpha value is -3.43. The lowest BCUT2D eigenvalue weighted by atomic mass is 10.2. The third kappa shape index (κ3) is 4.89. The van der Waals surface area contributed by atoms with Crippen LogP contribution in [0.15, 0.2) is 77.7 Å². The van der Waals surface area contributed by atoms with E-state index in [1.165, 1.54) is 48.5 Å². The number of carbonyl (C=O) groups excluding carboxylic acids is 1. The van der Waals surface area contributed by atoms with Crippen LogP contribution in [0.25, 0.3) is 0 Å². The van der Waals surface area contributed by atoms with Gasteiger partial charge in [0.25, 0.3) is 5.69 Å². The molecule has 0 fully saturated rings. The molecule has 0 N–H and O–H groups in total. The number of hydrogen-bond acceptors (Lipinski definition) is 7. The number of nitro groups is 1. The van der Waals surface area contributed by atoms with Gasteiger partial charge in [0, 0.05) is 12.1 Å². The van der Waals surface area contributed by atoms with Gasteiger partial charge in [0.15, 0.2) is 0 Å². The Bertz CT molecular complexity index is 1180. The van der Waals surface area contributed by atoms with Gasteiger partial charge in [-0.25, -0.2) is 4.79 Å². The molecular formula is C19H12ClNO7S. The molecule has 29 heavy (non-hydrogen) atoms. The van der Waals surface area contributed by atoms with E-state index in [4.69, 9.17) is 20.5 Å². The van der Waals surface area contributed by atoms with E-state index in [1.54, 1.807) is 18.2 Å². The molecule has 0 saturated carbocycles. The minimum absolute atomic E-state index is 0.0780. The van der Waals surface area contributed by atoms with Crippen LogP contribution in [-0.2, 0) is 10.1 Å². The Morgan fingerprint density at radius 2 is 1.66 bits per heavy atom. The molecule has 0 spiro atoms. The fourth-order valence-electron chi connectivity index (χ4n) is 2.26. The number of ether oxygens (including phenoxy) is 1. The van der Waals surface area contributed by atoms with Crippen molar-refractivity contribution in [2.45, 2.75) is 4.90 Å². The molecule has 3 aromatic rings. The Balaban J connectivity index is 1.75. The molecule has 0 radical (unpaired) electrons. The summed E-state index contributed by atoms with van der Waals surface area (Å²) in [7, 11) is -4.29. The van der Waals surface area contributed by atoms with Crippen molar-refractivity contribution in [1.82, 2.24) is 0 Å². The molecule has 0 aromatic heterocycles. The predicted octanol–water partition coefficient (Wildman–Crippen LogP) is 4.24. The van der Waals surface area contributed by atoms with Gasteiger partial charge in [-0.2, -0.15) is 8.42 Å². The molecule has 10 heteroatoms. The van der Waals surface area contributed by atoms with Crippen molar-refractivity contribution >= 4 is 33.4 Å². The van der Waals surface area contributed by atoms with E-state index >= 15 is 0 Å². The smallest absolute Gasteiger partial charge is 0.343 e. The number of benzene rings is 3. The number of rotatable bonds is 6. The quantitative estimate of drug-likeness (QED) is 0.188. The van der Waals surface area contributed by atoms with Gasteiger partial charge in [-0.1, -0.05) is 29.8 Å². The molecular weight excluding hydrogens is 422 g/mol. The maximum absolute atomic E-state index is 12.3. The van der Waals surface area contributed by atoms with Crippen molar-refractivity contribution in [3.63, 3.8) is 0 Å². The molecule has 148 valence electrons. The van der Waals surface area contributed by atoms with Crippen molar-refractivity contribution in [3.8, 4) is 11.5 Å². The SMILES string of the molecule is O=C(Oc1ccccc1Cl)c1ccc(OS(=O)(=O)c2cccc([N+](=O)[O-])c2)cc1. The van der Waals surface area contributed by atoms with Crippen molar-refractivity contribution in [2.24, 2.45) is 0 Å². The largest absolute Gasteiger partial charge is 0.421 e. The standard InChI is InChI=1S/C19H12ClNO7S/c20-17-6-1-2-7-18(17)27-19(22)13-8-10-15(11-9-13)28-29(25,26)16-5-3-4-14(12-16)21(23)24/h1-12H. The van der Waals surface area contributed by atoms with E-state index in [-0.39, 0.29) is 32.7 Å². The Morgan fingerprint density at radius 1 is 0.966 bits per heavy atom. The van der Waals surface area contributed by atoms with E-state index in [0.29, 0.717) is 0 Å². The molecule has 0 aliphatic heterocycles. The second-order valence-electron chi connectivity index (χ2n) is 5.64. The van der Waals surface area contributed by atoms with E-state index in [9.17, 15) is 23.3 Å². The first-order valence-corrected chi connectivity index (χ1v) is 9.80. The summed E-state index contributed by atoms with van der Waals surface area (Å²) < 4.78 is 34.8. The van der Waals surface area contributed by atoms with Crippen LogP contribution in [-0.4, -0.2) is 19.3 Å². The molecule has 3 aromatic carbocycles. The van der Waals surface area contributed by atoms with Crippen molar-refractivity contribution < 1.29 is 27.1 Å². The third-order valence-electron chi connectivity index (χ3n) is 3.65. The average Bonchev–Trinajstić information content (AvgIpc) is 2.70. The Labute approximate surface area is 170 Å². The second-order valence-corrected chi connectivity index (χ2v) is 7.59. The fourth-order valence-corrected chi connectivity index (χ4v) is 3.41. The summed E-state index contributed by atoms with van der Waals surface area (Å²) >= 11 is 5.94. The van der Waals surface area contributed by atoms with Crippen LogP contribution in [0, 0.1) is 10.1 Å². The maximum atomic E-state index is 12.3. The van der Waals surface area contributed by atoms with Gasteiger partial charge in [-0.3, -0.25) is 10.1 Å². The van der Waals surface area contributed by atoms with E-state index in [0.717, 1.165) is 6.07 Å². The first-order chi connectivity index (χ1) is 13.8. The van der Waals surface area contributed by atoms with E-state index in [1.807, 2.05) is 0 Å². The number of nitro benzene ring substituents is 1. The minimum Gasteiger partial charge on any atom is -0.421 e. The van der Waals surface area contributed by atoms with Crippen LogP contribution < -0.4 is 8.92 Å². The molecule has 0 aliphatic carbocycles. The summed E-state index contributed by atoms with van der Waals surface area (Å²) in [5.41, 5.74) is -0.239. The molecule has 8 nitrogen and oxygen atoms in total. The van der Waals surface area contributed by atoms with Crippen molar-refractivity contribution in [3.05, 3.63) is 93.5 Å². The number of halogens is 1. The molecule has 0 heterocycles. The summed E-state index contributed by atoms with van der Waals surface area (Å²) in [6.07, 6.45) is 0. The lowest BCUT2D eigenvalue weighted by Crippen LogP contribution is -2.11. The monoisotopic (exact) mass is 433 g/mol. The predicted molar refractivity (Wildman–Crippen MR) is 104 cm³/mol. The summed E-state index contributed by atoms with van der Waals surface area (Å²) in [6.45, 7) is 0. The number of non-ortho nitro benzene ring substituents is 1. The summed E-state index contributed by atoms with van der Waals surface area (Å²) in [5.74, 6) is -0.579. The number of esters is 1. The van der Waals surface area contributed by atoms with Crippen molar-refractivity contribution in [1.29, 1.82) is 0 Å². The van der Waals surface area contributed by atoms with Crippen molar-refractivity contribution in [2.75, 3.05) is 0 Å². The number of para-hydroxylation sites is 1.